The minimum Gasteiger partial charge on any atom is -0.345 e. The number of nitrogens with one attached hydrogen (secondary N) is 1. The van der Waals surface area contributed by atoms with Crippen LogP contribution in [0.15, 0.2) is 6.20 Å². The van der Waals surface area contributed by atoms with Crippen LogP contribution in [0.1, 0.15) is 47.1 Å². The van der Waals surface area contributed by atoms with Crippen molar-refractivity contribution in [2.45, 2.75) is 32.1 Å². The van der Waals surface area contributed by atoms with E-state index in [0.717, 1.165) is 28.8 Å². The lowest BCUT2D eigenvalue weighted by molar-refractivity contribution is 0.112. The standard InChI is InChI=1S/C12H13N3O/c1-7-14-11(8-3-2-4-8)10-9(6-16)5-13-12(10)15-7/h5-6,8H,2-4H2,1H3,(H,13,14,15). The lowest BCUT2D eigenvalue weighted by Crippen LogP contribution is -2.12. The molecule has 4 heteroatoms. The molecule has 0 radical (unpaired) electrons. The lowest BCUT2D eigenvalue weighted by atomic mass is 9.81. The first-order valence-electron chi connectivity index (χ1n) is 5.60. The Morgan fingerprint density at radius 2 is 2.25 bits per heavy atom. The van der Waals surface area contributed by atoms with E-state index >= 15 is 0 Å². The van der Waals surface area contributed by atoms with Gasteiger partial charge in [0.1, 0.15) is 11.5 Å². The Morgan fingerprint density at radius 1 is 1.44 bits per heavy atom. The van der Waals surface area contributed by atoms with Gasteiger partial charge < -0.3 is 4.98 Å². The van der Waals surface area contributed by atoms with Crippen LogP contribution in [0.4, 0.5) is 0 Å². The van der Waals surface area contributed by atoms with Crippen LogP contribution in [-0.2, 0) is 0 Å². The van der Waals surface area contributed by atoms with Gasteiger partial charge in [-0.2, -0.15) is 0 Å². The fourth-order valence-electron chi connectivity index (χ4n) is 2.27. The molecule has 2 heterocycles. The third-order valence-electron chi connectivity index (χ3n) is 3.32. The van der Waals surface area contributed by atoms with Crippen molar-refractivity contribution >= 4 is 17.3 Å². The van der Waals surface area contributed by atoms with Crippen molar-refractivity contribution in [1.29, 1.82) is 0 Å². The number of hydrogen-bond acceptors (Lipinski definition) is 3. The highest BCUT2D eigenvalue weighted by Crippen LogP contribution is 2.38. The first kappa shape index (κ1) is 9.51. The highest BCUT2D eigenvalue weighted by molar-refractivity contribution is 5.97. The quantitative estimate of drug-likeness (QED) is 0.782. The summed E-state index contributed by atoms with van der Waals surface area (Å²) in [6.07, 6.45) is 6.20. The second kappa shape index (κ2) is 3.40. The van der Waals surface area contributed by atoms with E-state index in [4.69, 9.17) is 0 Å². The number of aldehydes is 1. The van der Waals surface area contributed by atoms with Gasteiger partial charge in [0.05, 0.1) is 11.1 Å². The van der Waals surface area contributed by atoms with Crippen LogP contribution in [0.5, 0.6) is 0 Å². The van der Waals surface area contributed by atoms with Crippen LogP contribution < -0.4 is 0 Å². The number of aromatic nitrogens is 3. The molecule has 0 bridgehead atoms. The Bertz CT molecular complexity index is 555. The number of aryl methyl sites for hydroxylation is 1. The maximum Gasteiger partial charge on any atom is 0.152 e. The van der Waals surface area contributed by atoms with Crippen LogP contribution in [0.2, 0.25) is 0 Å². The van der Waals surface area contributed by atoms with E-state index in [1.165, 1.54) is 19.3 Å². The van der Waals surface area contributed by atoms with Crippen molar-refractivity contribution in [3.05, 3.63) is 23.3 Å². The molecule has 4 nitrogen and oxygen atoms in total. The highest BCUT2D eigenvalue weighted by atomic mass is 16.1. The predicted octanol–water partition coefficient (Wildman–Crippen LogP) is 2.35. The first-order chi connectivity index (χ1) is 7.79. The Hall–Kier alpha value is -1.71. The second-order valence-electron chi connectivity index (χ2n) is 4.37. The number of H-pyrrole nitrogens is 1. The minimum absolute atomic E-state index is 0.513. The van der Waals surface area contributed by atoms with Crippen molar-refractivity contribution in [1.82, 2.24) is 15.0 Å². The Labute approximate surface area is 93.1 Å². The van der Waals surface area contributed by atoms with Gasteiger partial charge in [-0.3, -0.25) is 4.79 Å². The fourth-order valence-corrected chi connectivity index (χ4v) is 2.27. The minimum atomic E-state index is 0.513. The number of nitrogens with zero attached hydrogens (tertiary/aromatic N) is 2. The average Bonchev–Trinajstić information content (AvgIpc) is 2.57. The highest BCUT2D eigenvalue weighted by Gasteiger charge is 2.25. The number of carbonyl (C=O) groups is 1. The smallest absolute Gasteiger partial charge is 0.152 e. The van der Waals surface area contributed by atoms with Crippen molar-refractivity contribution in [3.63, 3.8) is 0 Å². The molecular weight excluding hydrogens is 202 g/mol. The Morgan fingerprint density at radius 3 is 2.88 bits per heavy atom. The molecule has 2 aromatic rings. The van der Waals surface area contributed by atoms with Crippen molar-refractivity contribution in [2.75, 3.05) is 0 Å². The van der Waals surface area contributed by atoms with E-state index in [1.807, 2.05) is 6.92 Å². The molecule has 1 aliphatic rings. The molecule has 0 unspecified atom stereocenters. The molecule has 82 valence electrons. The van der Waals surface area contributed by atoms with Crippen molar-refractivity contribution in [3.8, 4) is 0 Å². The van der Waals surface area contributed by atoms with Crippen LogP contribution >= 0.6 is 0 Å². The summed E-state index contributed by atoms with van der Waals surface area (Å²) < 4.78 is 0. The van der Waals surface area contributed by atoms with Gasteiger partial charge in [0.15, 0.2) is 6.29 Å². The van der Waals surface area contributed by atoms with E-state index < -0.39 is 0 Å². The molecule has 1 saturated carbocycles. The third kappa shape index (κ3) is 1.26. The third-order valence-corrected chi connectivity index (χ3v) is 3.32. The molecule has 16 heavy (non-hydrogen) atoms. The summed E-state index contributed by atoms with van der Waals surface area (Å²) in [5.74, 6) is 1.28. The fraction of sp³-hybridized carbons (Fsp3) is 0.417. The van der Waals surface area contributed by atoms with Crippen LogP contribution in [0.3, 0.4) is 0 Å². The van der Waals surface area contributed by atoms with E-state index in [-0.39, 0.29) is 0 Å². The molecular formula is C12H13N3O. The summed E-state index contributed by atoms with van der Waals surface area (Å²) in [4.78, 5) is 22.8. The summed E-state index contributed by atoms with van der Waals surface area (Å²) in [7, 11) is 0. The summed E-state index contributed by atoms with van der Waals surface area (Å²) in [5, 5.41) is 0.922. The van der Waals surface area contributed by atoms with Crippen LogP contribution in [0.25, 0.3) is 11.0 Å². The number of carbonyl (C=O) groups excluding carboxylic acids is 1. The molecule has 0 atom stereocenters. The first-order valence-corrected chi connectivity index (χ1v) is 5.60. The van der Waals surface area contributed by atoms with E-state index in [2.05, 4.69) is 15.0 Å². The van der Waals surface area contributed by atoms with Crippen molar-refractivity contribution in [2.24, 2.45) is 0 Å². The van der Waals surface area contributed by atoms with E-state index in [9.17, 15) is 4.79 Å². The van der Waals surface area contributed by atoms with Gasteiger partial charge in [0.2, 0.25) is 0 Å². The topological polar surface area (TPSA) is 58.6 Å². The van der Waals surface area contributed by atoms with Gasteiger partial charge in [-0.15, -0.1) is 0 Å². The maximum atomic E-state index is 11.0. The number of hydrogen-bond donors (Lipinski definition) is 1. The molecule has 0 amide bonds. The van der Waals surface area contributed by atoms with Gasteiger partial charge in [0, 0.05) is 17.7 Å². The molecule has 1 N–H and O–H groups in total. The monoisotopic (exact) mass is 215 g/mol. The largest absolute Gasteiger partial charge is 0.345 e. The number of rotatable bonds is 2. The van der Waals surface area contributed by atoms with Crippen LogP contribution in [0, 0.1) is 6.92 Å². The SMILES string of the molecule is Cc1nc(C2CCC2)c2c(C=O)c[nH]c2n1. The van der Waals surface area contributed by atoms with Gasteiger partial charge in [-0.25, -0.2) is 9.97 Å². The molecule has 2 aromatic heterocycles. The predicted molar refractivity (Wildman–Crippen MR) is 60.6 cm³/mol. The summed E-state index contributed by atoms with van der Waals surface area (Å²) in [6, 6.07) is 0. The second-order valence-corrected chi connectivity index (χ2v) is 4.37. The maximum absolute atomic E-state index is 11.0. The number of aromatic amines is 1. The molecule has 0 spiro atoms. The Kier molecular flexibility index (Phi) is 2.02. The normalized spacial score (nSPS) is 16.3. The van der Waals surface area contributed by atoms with Gasteiger partial charge in [-0.05, 0) is 19.8 Å². The molecule has 0 aromatic carbocycles. The van der Waals surface area contributed by atoms with E-state index in [0.29, 0.717) is 11.5 Å². The summed E-state index contributed by atoms with van der Waals surface area (Å²) >= 11 is 0. The molecule has 3 rings (SSSR count). The van der Waals surface area contributed by atoms with Gasteiger partial charge in [0.25, 0.3) is 0 Å². The average molecular weight is 215 g/mol. The molecule has 0 aliphatic heterocycles. The van der Waals surface area contributed by atoms with Crippen LogP contribution in [-0.4, -0.2) is 21.2 Å². The zero-order chi connectivity index (χ0) is 11.1. The molecule has 1 aliphatic carbocycles. The zero-order valence-electron chi connectivity index (χ0n) is 9.16. The van der Waals surface area contributed by atoms with Gasteiger partial charge in [-0.1, -0.05) is 6.42 Å². The number of fused-ring (bicyclic) bond motifs is 1. The Balaban J connectivity index is 2.29. The summed E-state index contributed by atoms with van der Waals surface area (Å²) in [6.45, 7) is 1.89. The summed E-state index contributed by atoms with van der Waals surface area (Å²) in [5.41, 5.74) is 2.52. The van der Waals surface area contributed by atoms with Crippen molar-refractivity contribution < 1.29 is 4.79 Å². The molecule has 1 fully saturated rings. The van der Waals surface area contributed by atoms with E-state index in [1.54, 1.807) is 6.20 Å². The zero-order valence-corrected chi connectivity index (χ0v) is 9.16. The van der Waals surface area contributed by atoms with Gasteiger partial charge >= 0.3 is 0 Å². The molecule has 0 saturated heterocycles. The lowest BCUT2D eigenvalue weighted by Gasteiger charge is -2.25.